The number of nitrogens with two attached hydrogens (primary N) is 1. The molecule has 1 fully saturated rings. The third-order valence-electron chi connectivity index (χ3n) is 2.65. The molecular weight excluding hydrogens is 136 g/mol. The van der Waals surface area contributed by atoms with E-state index < -0.39 is 0 Å². The molecule has 2 nitrogen and oxygen atoms in total. The van der Waals surface area contributed by atoms with Crippen LogP contribution in [0.3, 0.4) is 0 Å². The van der Waals surface area contributed by atoms with Crippen molar-refractivity contribution >= 4 is 0 Å². The molecule has 1 heterocycles. The summed E-state index contributed by atoms with van der Waals surface area (Å²) in [5.74, 6) is 0.741. The summed E-state index contributed by atoms with van der Waals surface area (Å²) in [4.78, 5) is 2.51. The largest absolute Gasteiger partial charge is 0.324 e. The van der Waals surface area contributed by atoms with E-state index in [9.17, 15) is 0 Å². The summed E-state index contributed by atoms with van der Waals surface area (Å²) in [5, 5.41) is 0. The molecule has 2 unspecified atom stereocenters. The van der Waals surface area contributed by atoms with E-state index >= 15 is 0 Å². The van der Waals surface area contributed by atoms with E-state index in [4.69, 9.17) is 5.73 Å². The Hall–Kier alpha value is -0.340. The van der Waals surface area contributed by atoms with Gasteiger partial charge in [0.1, 0.15) is 0 Å². The Morgan fingerprint density at radius 2 is 2.18 bits per heavy atom. The zero-order chi connectivity index (χ0) is 7.68. The Morgan fingerprint density at radius 1 is 1.36 bits per heavy atom. The van der Waals surface area contributed by atoms with Crippen molar-refractivity contribution in [2.75, 3.05) is 19.6 Å². The Labute approximate surface area is 68.1 Å². The topological polar surface area (TPSA) is 29.3 Å². The van der Waals surface area contributed by atoms with Crippen molar-refractivity contribution in [2.45, 2.75) is 18.9 Å². The van der Waals surface area contributed by atoms with Crippen LogP contribution in [0.5, 0.6) is 0 Å². The predicted octanol–water partition coefficient (Wildman–Crippen LogP) is 0.595. The maximum atomic E-state index is 5.75. The van der Waals surface area contributed by atoms with Crippen LogP contribution in [0.1, 0.15) is 12.8 Å². The third kappa shape index (κ3) is 1.63. The van der Waals surface area contributed by atoms with Gasteiger partial charge in [-0.15, -0.1) is 0 Å². The van der Waals surface area contributed by atoms with Gasteiger partial charge >= 0.3 is 0 Å². The van der Waals surface area contributed by atoms with E-state index in [2.05, 4.69) is 17.1 Å². The fourth-order valence-corrected chi connectivity index (χ4v) is 1.84. The molecule has 1 saturated heterocycles. The highest BCUT2D eigenvalue weighted by Gasteiger charge is 2.21. The van der Waals surface area contributed by atoms with Gasteiger partial charge in [-0.1, -0.05) is 12.2 Å². The van der Waals surface area contributed by atoms with Crippen molar-refractivity contribution in [1.29, 1.82) is 0 Å². The zero-order valence-corrected chi connectivity index (χ0v) is 6.87. The zero-order valence-electron chi connectivity index (χ0n) is 6.87. The standard InChI is InChI=1S/C9H16N2/c10-9-3-2-8(6-9)7-11-4-1-5-11/h2-3,8-9H,1,4-7,10H2. The molecule has 0 aromatic rings. The Bertz CT molecular complexity index is 161. The molecule has 2 heteroatoms. The first-order chi connectivity index (χ1) is 5.34. The van der Waals surface area contributed by atoms with Crippen LogP contribution in [0, 0.1) is 5.92 Å². The highest BCUT2D eigenvalue weighted by Crippen LogP contribution is 2.19. The third-order valence-corrected chi connectivity index (χ3v) is 2.65. The fraction of sp³-hybridized carbons (Fsp3) is 0.778. The molecule has 2 rings (SSSR count). The lowest BCUT2D eigenvalue weighted by atomic mass is 10.1. The number of nitrogens with zero attached hydrogens (tertiary/aromatic N) is 1. The van der Waals surface area contributed by atoms with Crippen LogP contribution < -0.4 is 5.73 Å². The molecule has 0 aromatic heterocycles. The minimum atomic E-state index is 0.335. The lowest BCUT2D eigenvalue weighted by Crippen LogP contribution is -2.40. The van der Waals surface area contributed by atoms with Crippen LogP contribution in [0.15, 0.2) is 12.2 Å². The van der Waals surface area contributed by atoms with Gasteiger partial charge < -0.3 is 10.6 Å². The van der Waals surface area contributed by atoms with Crippen molar-refractivity contribution in [3.05, 3.63) is 12.2 Å². The smallest absolute Gasteiger partial charge is 0.0229 e. The molecular formula is C9H16N2. The van der Waals surface area contributed by atoms with Crippen LogP contribution in [0.4, 0.5) is 0 Å². The summed E-state index contributed by atoms with van der Waals surface area (Å²) in [7, 11) is 0. The van der Waals surface area contributed by atoms with Gasteiger partial charge in [-0.05, 0) is 31.8 Å². The summed E-state index contributed by atoms with van der Waals surface area (Å²) < 4.78 is 0. The predicted molar refractivity (Wildman–Crippen MR) is 46.3 cm³/mol. The number of rotatable bonds is 2. The second kappa shape index (κ2) is 2.95. The molecule has 1 aliphatic heterocycles. The highest BCUT2D eigenvalue weighted by molar-refractivity contribution is 5.05. The summed E-state index contributed by atoms with van der Waals surface area (Å²) in [5.41, 5.74) is 5.75. The monoisotopic (exact) mass is 152 g/mol. The molecule has 0 amide bonds. The molecule has 0 radical (unpaired) electrons. The molecule has 11 heavy (non-hydrogen) atoms. The van der Waals surface area contributed by atoms with Gasteiger partial charge in [0.2, 0.25) is 0 Å². The Kier molecular flexibility index (Phi) is 1.96. The normalized spacial score (nSPS) is 37.5. The first-order valence-electron chi connectivity index (χ1n) is 4.51. The first-order valence-corrected chi connectivity index (χ1v) is 4.51. The van der Waals surface area contributed by atoms with Gasteiger partial charge in [-0.3, -0.25) is 0 Å². The SMILES string of the molecule is NC1C=CC(CN2CCC2)C1. The quantitative estimate of drug-likeness (QED) is 0.587. The van der Waals surface area contributed by atoms with Crippen LogP contribution in [0.25, 0.3) is 0 Å². The number of likely N-dealkylation sites (tertiary alicyclic amines) is 1. The summed E-state index contributed by atoms with van der Waals surface area (Å²) in [6.07, 6.45) is 6.98. The average Bonchev–Trinajstić information content (AvgIpc) is 2.27. The van der Waals surface area contributed by atoms with E-state index in [0.29, 0.717) is 6.04 Å². The minimum Gasteiger partial charge on any atom is -0.324 e. The fourth-order valence-electron chi connectivity index (χ4n) is 1.84. The van der Waals surface area contributed by atoms with E-state index in [-0.39, 0.29) is 0 Å². The van der Waals surface area contributed by atoms with E-state index in [1.54, 1.807) is 0 Å². The molecule has 2 aliphatic rings. The van der Waals surface area contributed by atoms with Crippen LogP contribution >= 0.6 is 0 Å². The van der Waals surface area contributed by atoms with Crippen molar-refractivity contribution < 1.29 is 0 Å². The number of hydrogen-bond donors (Lipinski definition) is 1. The van der Waals surface area contributed by atoms with Crippen molar-refractivity contribution in [1.82, 2.24) is 4.90 Å². The van der Waals surface area contributed by atoms with Gasteiger partial charge in [-0.2, -0.15) is 0 Å². The van der Waals surface area contributed by atoms with E-state index in [1.165, 1.54) is 26.1 Å². The molecule has 0 bridgehead atoms. The summed E-state index contributed by atoms with van der Waals surface area (Å²) in [6.45, 7) is 3.85. The van der Waals surface area contributed by atoms with E-state index in [1.807, 2.05) is 0 Å². The van der Waals surface area contributed by atoms with Gasteiger partial charge in [-0.25, -0.2) is 0 Å². The molecule has 62 valence electrons. The van der Waals surface area contributed by atoms with E-state index in [0.717, 1.165) is 12.3 Å². The van der Waals surface area contributed by atoms with Crippen molar-refractivity contribution in [3.8, 4) is 0 Å². The van der Waals surface area contributed by atoms with Crippen LogP contribution in [-0.4, -0.2) is 30.6 Å². The van der Waals surface area contributed by atoms with Crippen LogP contribution in [0.2, 0.25) is 0 Å². The maximum Gasteiger partial charge on any atom is 0.0229 e. The van der Waals surface area contributed by atoms with Crippen molar-refractivity contribution in [3.63, 3.8) is 0 Å². The van der Waals surface area contributed by atoms with Gasteiger partial charge in [0.05, 0.1) is 0 Å². The second-order valence-electron chi connectivity index (χ2n) is 3.70. The second-order valence-corrected chi connectivity index (χ2v) is 3.70. The molecule has 2 N–H and O–H groups in total. The maximum absolute atomic E-state index is 5.75. The molecule has 1 aliphatic carbocycles. The Morgan fingerprint density at radius 3 is 2.64 bits per heavy atom. The van der Waals surface area contributed by atoms with Gasteiger partial charge in [0.25, 0.3) is 0 Å². The van der Waals surface area contributed by atoms with Gasteiger partial charge in [0.15, 0.2) is 0 Å². The van der Waals surface area contributed by atoms with Crippen LogP contribution in [-0.2, 0) is 0 Å². The summed E-state index contributed by atoms with van der Waals surface area (Å²) >= 11 is 0. The molecule has 0 saturated carbocycles. The van der Waals surface area contributed by atoms with Crippen molar-refractivity contribution in [2.24, 2.45) is 11.7 Å². The molecule has 0 aromatic carbocycles. The van der Waals surface area contributed by atoms with Gasteiger partial charge in [0, 0.05) is 12.6 Å². The summed E-state index contributed by atoms with van der Waals surface area (Å²) in [6, 6.07) is 0.335. The lowest BCUT2D eigenvalue weighted by molar-refractivity contribution is 0.162. The first kappa shape index (κ1) is 7.32. The average molecular weight is 152 g/mol. The minimum absolute atomic E-state index is 0.335. The lowest BCUT2D eigenvalue weighted by Gasteiger charge is -2.32. The highest BCUT2D eigenvalue weighted by atomic mass is 15.2. The molecule has 2 atom stereocenters. The Balaban J connectivity index is 1.74. The molecule has 0 spiro atoms. The number of hydrogen-bond acceptors (Lipinski definition) is 2.